The topological polar surface area (TPSA) is 115 Å². The van der Waals surface area contributed by atoms with Crippen molar-refractivity contribution in [3.8, 4) is 17.2 Å². The van der Waals surface area contributed by atoms with Crippen LogP contribution in [0.4, 0.5) is 10.5 Å². The van der Waals surface area contributed by atoms with Crippen LogP contribution < -0.4 is 10.0 Å². The van der Waals surface area contributed by atoms with Crippen molar-refractivity contribution in [1.82, 2.24) is 14.6 Å². The molecule has 0 atom stereocenters. The van der Waals surface area contributed by atoms with E-state index in [1.54, 1.807) is 18.2 Å². The highest BCUT2D eigenvalue weighted by Crippen LogP contribution is 2.35. The number of thiophene rings is 1. The van der Waals surface area contributed by atoms with E-state index < -0.39 is 16.1 Å². The molecule has 4 rings (SSSR count). The van der Waals surface area contributed by atoms with Gasteiger partial charge in [-0.15, -0.1) is 11.3 Å². The van der Waals surface area contributed by atoms with Crippen molar-refractivity contribution >= 4 is 33.1 Å². The molecule has 176 valence electrons. The number of nitriles is 1. The molecule has 2 aromatic heterocycles. The number of fused-ring (bicyclic) bond motifs is 1. The highest BCUT2D eigenvalue weighted by molar-refractivity contribution is 7.92. The van der Waals surface area contributed by atoms with Crippen molar-refractivity contribution < 1.29 is 13.2 Å². The average molecular weight is 496 g/mol. The molecule has 8 nitrogen and oxygen atoms in total. The lowest BCUT2D eigenvalue weighted by molar-refractivity contribution is 0.256. The van der Waals surface area contributed by atoms with E-state index in [1.807, 2.05) is 45.2 Å². The fourth-order valence-electron chi connectivity index (χ4n) is 3.95. The Morgan fingerprint density at radius 3 is 2.79 bits per heavy atom. The number of pyridine rings is 1. The van der Waals surface area contributed by atoms with Crippen LogP contribution in [0.2, 0.25) is 0 Å². The Morgan fingerprint density at radius 1 is 1.26 bits per heavy atom. The van der Waals surface area contributed by atoms with Gasteiger partial charge in [0, 0.05) is 29.7 Å². The van der Waals surface area contributed by atoms with Crippen LogP contribution in [0.25, 0.3) is 11.1 Å². The molecule has 2 N–H and O–H groups in total. The van der Waals surface area contributed by atoms with Gasteiger partial charge in [0.25, 0.3) is 10.0 Å². The Kier molecular flexibility index (Phi) is 6.70. The molecule has 3 heterocycles. The van der Waals surface area contributed by atoms with Gasteiger partial charge in [0.15, 0.2) is 0 Å². The first-order valence-corrected chi connectivity index (χ1v) is 13.1. The summed E-state index contributed by atoms with van der Waals surface area (Å²) in [5.74, 6) is 0.0603. The number of anilines is 1. The molecule has 34 heavy (non-hydrogen) atoms. The smallest absolute Gasteiger partial charge is 0.306 e. The normalized spacial score (nSPS) is 13.9. The van der Waals surface area contributed by atoms with Crippen LogP contribution >= 0.6 is 11.3 Å². The molecule has 1 aliphatic heterocycles. The van der Waals surface area contributed by atoms with E-state index in [9.17, 15) is 18.5 Å². The largest absolute Gasteiger partial charge is 0.333 e. The number of nitrogens with zero attached hydrogens (tertiary/aromatic N) is 3. The number of hydrogen-bond acceptors (Lipinski definition) is 7. The van der Waals surface area contributed by atoms with E-state index in [4.69, 9.17) is 0 Å². The van der Waals surface area contributed by atoms with E-state index >= 15 is 0 Å². The molecule has 1 aromatic carbocycles. The first-order chi connectivity index (χ1) is 16.2. The molecule has 0 fully saturated rings. The third kappa shape index (κ3) is 4.97. The Bertz CT molecular complexity index is 1390. The number of para-hydroxylation sites is 1. The van der Waals surface area contributed by atoms with Crippen LogP contribution in [0.15, 0.2) is 46.8 Å². The summed E-state index contributed by atoms with van der Waals surface area (Å²) >= 11 is 1.20. The van der Waals surface area contributed by atoms with Gasteiger partial charge < -0.3 is 10.2 Å². The van der Waals surface area contributed by atoms with Crippen LogP contribution in [-0.2, 0) is 23.0 Å². The summed E-state index contributed by atoms with van der Waals surface area (Å²) in [5.41, 5.74) is 3.97. The van der Waals surface area contributed by atoms with Crippen LogP contribution in [0.1, 0.15) is 41.5 Å². The molecular formula is C24H25N5O3S2. The predicted molar refractivity (Wildman–Crippen MR) is 132 cm³/mol. The predicted octanol–water partition coefficient (Wildman–Crippen LogP) is 4.30. The maximum absolute atomic E-state index is 13.0. The maximum Gasteiger partial charge on any atom is 0.333 e. The van der Waals surface area contributed by atoms with E-state index in [1.165, 1.54) is 17.5 Å². The van der Waals surface area contributed by atoms with Crippen molar-refractivity contribution in [2.75, 3.05) is 18.9 Å². The minimum Gasteiger partial charge on any atom is -0.306 e. The number of hydrogen-bond donors (Lipinski definition) is 2. The zero-order valence-corrected chi connectivity index (χ0v) is 20.8. The monoisotopic (exact) mass is 495 g/mol. The highest BCUT2D eigenvalue weighted by atomic mass is 32.2. The van der Waals surface area contributed by atoms with Crippen molar-refractivity contribution in [1.29, 1.82) is 5.26 Å². The number of urea groups is 1. The summed E-state index contributed by atoms with van der Waals surface area (Å²) < 4.78 is 28.2. The SMILES string of the molecule is CC(C)c1cccc(-c2ccnc(C#N)c2)c1NC(=O)NS(=O)(=O)c1cc2c(s1)CN(C)CC2. The lowest BCUT2D eigenvalue weighted by Gasteiger charge is -2.21. The molecule has 0 saturated carbocycles. The molecule has 10 heteroatoms. The molecule has 0 aliphatic carbocycles. The first-order valence-electron chi connectivity index (χ1n) is 10.8. The van der Waals surface area contributed by atoms with E-state index in [-0.39, 0.29) is 15.8 Å². The van der Waals surface area contributed by atoms with Gasteiger partial charge in [-0.2, -0.15) is 5.26 Å². The van der Waals surface area contributed by atoms with Crippen molar-refractivity contribution in [2.24, 2.45) is 0 Å². The fraction of sp³-hybridized carbons (Fsp3) is 0.292. The summed E-state index contributed by atoms with van der Waals surface area (Å²) in [5, 5.41) is 12.0. The number of amides is 2. The molecule has 0 unspecified atom stereocenters. The molecular weight excluding hydrogens is 470 g/mol. The summed E-state index contributed by atoms with van der Waals surface area (Å²) in [6.07, 6.45) is 2.31. The van der Waals surface area contributed by atoms with Crippen LogP contribution in [-0.4, -0.2) is 37.9 Å². The first kappa shape index (κ1) is 23.9. The fourth-order valence-corrected chi connectivity index (χ4v) is 6.53. The van der Waals surface area contributed by atoms with E-state index in [0.717, 1.165) is 29.0 Å². The Balaban J connectivity index is 1.63. The second-order valence-corrected chi connectivity index (χ2v) is 11.6. The minimum atomic E-state index is -4.03. The lowest BCUT2D eigenvalue weighted by Crippen LogP contribution is -2.34. The van der Waals surface area contributed by atoms with Gasteiger partial charge in [-0.1, -0.05) is 32.0 Å². The maximum atomic E-state index is 13.0. The number of nitrogens with one attached hydrogen (secondary N) is 2. The molecule has 2 amide bonds. The lowest BCUT2D eigenvalue weighted by atomic mass is 9.94. The Labute approximate surface area is 203 Å². The third-order valence-electron chi connectivity index (χ3n) is 5.69. The molecule has 1 aliphatic rings. The van der Waals surface area contributed by atoms with Crippen molar-refractivity contribution in [3.63, 3.8) is 0 Å². The van der Waals surface area contributed by atoms with Gasteiger partial charge in [-0.05, 0) is 54.3 Å². The second kappa shape index (κ2) is 9.54. The number of aromatic nitrogens is 1. The molecule has 0 bridgehead atoms. The number of benzene rings is 1. The number of rotatable bonds is 5. The molecule has 0 radical (unpaired) electrons. The second-order valence-electron chi connectivity index (χ2n) is 8.53. The summed E-state index contributed by atoms with van der Waals surface area (Å²) in [6.45, 7) is 5.54. The molecule has 0 spiro atoms. The van der Waals surface area contributed by atoms with E-state index in [0.29, 0.717) is 23.4 Å². The van der Waals surface area contributed by atoms with E-state index in [2.05, 4.69) is 19.9 Å². The summed E-state index contributed by atoms with van der Waals surface area (Å²) in [6, 6.07) is 11.8. The number of carbonyl (C=O) groups excluding carboxylic acids is 1. The Morgan fingerprint density at radius 2 is 2.06 bits per heavy atom. The van der Waals surface area contributed by atoms with Crippen LogP contribution in [0.3, 0.4) is 0 Å². The zero-order valence-electron chi connectivity index (χ0n) is 19.1. The van der Waals surface area contributed by atoms with Gasteiger partial charge in [0.2, 0.25) is 0 Å². The zero-order chi connectivity index (χ0) is 24.5. The molecule has 0 saturated heterocycles. The highest BCUT2D eigenvalue weighted by Gasteiger charge is 2.26. The number of likely N-dealkylation sites (N-methyl/N-ethyl adjacent to an activating group) is 1. The van der Waals surface area contributed by atoms with Gasteiger partial charge in [-0.25, -0.2) is 22.9 Å². The standard InChI is InChI=1S/C24H25N5O3S2/c1-15(2)19-5-4-6-20(16-7-9-26-18(11-16)13-25)23(19)27-24(30)28-34(31,32)22-12-17-8-10-29(3)14-21(17)33-22/h4-7,9,11-12,15H,8,10,14H2,1-3H3,(H2,27,28,30). The summed E-state index contributed by atoms with van der Waals surface area (Å²) in [7, 11) is -2.03. The van der Waals surface area contributed by atoms with Crippen LogP contribution in [0.5, 0.6) is 0 Å². The average Bonchev–Trinajstić information content (AvgIpc) is 3.23. The molecule has 3 aromatic rings. The van der Waals surface area contributed by atoms with Gasteiger partial charge in [-0.3, -0.25) is 0 Å². The third-order valence-corrected chi connectivity index (χ3v) is 8.65. The van der Waals surface area contributed by atoms with Crippen molar-refractivity contribution in [3.05, 3.63) is 64.3 Å². The number of sulfonamides is 1. The quantitative estimate of drug-likeness (QED) is 0.545. The summed E-state index contributed by atoms with van der Waals surface area (Å²) in [4.78, 5) is 20.1. The van der Waals surface area contributed by atoms with Gasteiger partial charge in [0.1, 0.15) is 16.0 Å². The minimum absolute atomic E-state index is 0.0603. The van der Waals surface area contributed by atoms with Crippen molar-refractivity contribution in [2.45, 2.75) is 36.9 Å². The van der Waals surface area contributed by atoms with Crippen LogP contribution in [0, 0.1) is 11.3 Å². The number of carbonyl (C=O) groups is 1. The Hall–Kier alpha value is -3.26. The van der Waals surface area contributed by atoms with Gasteiger partial charge >= 0.3 is 6.03 Å². The van der Waals surface area contributed by atoms with Gasteiger partial charge in [0.05, 0.1) is 5.69 Å².